The van der Waals surface area contributed by atoms with Crippen molar-refractivity contribution in [3.05, 3.63) is 64.8 Å². The molecular weight excluding hydrogens is 414 g/mol. The molecule has 1 fully saturated rings. The van der Waals surface area contributed by atoms with E-state index >= 15 is 0 Å². The van der Waals surface area contributed by atoms with E-state index in [-0.39, 0.29) is 10.8 Å². The average molecular weight is 440 g/mol. The maximum absolute atomic E-state index is 13.1. The second-order valence-electron chi connectivity index (χ2n) is 7.76. The molecule has 2 aromatic carbocycles. The topological polar surface area (TPSA) is 88.6 Å². The van der Waals surface area contributed by atoms with E-state index in [1.54, 1.807) is 19.1 Å². The van der Waals surface area contributed by atoms with Crippen LogP contribution in [0, 0.1) is 20.8 Å². The Hall–Kier alpha value is -2.81. The molecule has 0 aliphatic carbocycles. The van der Waals surface area contributed by atoms with Crippen LogP contribution in [0.1, 0.15) is 27.2 Å². The number of aromatic nitrogens is 1. The molecule has 2 heterocycles. The normalized spacial score (nSPS) is 15.2. The van der Waals surface area contributed by atoms with Gasteiger partial charge in [-0.25, -0.2) is 8.42 Å². The third-order valence-corrected chi connectivity index (χ3v) is 7.37. The predicted octanol–water partition coefficient (Wildman–Crippen LogP) is 3.43. The average Bonchev–Trinajstić information content (AvgIpc) is 2.75. The number of amides is 1. The SMILES string of the molecule is Cc1ccc2nc(C)c(C(=O)Nc3cc(S(=O)(=O)N4CCOCC4)ccc3C)cc2c1. The molecule has 1 N–H and O–H groups in total. The van der Waals surface area contributed by atoms with Gasteiger partial charge in [-0.05, 0) is 56.7 Å². The van der Waals surface area contributed by atoms with Crippen molar-refractivity contribution in [1.29, 1.82) is 0 Å². The molecule has 1 amide bonds. The lowest BCUT2D eigenvalue weighted by Gasteiger charge is -2.26. The Morgan fingerprint density at radius 1 is 1.03 bits per heavy atom. The molecule has 31 heavy (non-hydrogen) atoms. The van der Waals surface area contributed by atoms with Crippen molar-refractivity contribution < 1.29 is 17.9 Å². The van der Waals surface area contributed by atoms with Crippen LogP contribution >= 0.6 is 0 Å². The van der Waals surface area contributed by atoms with E-state index in [4.69, 9.17) is 4.74 Å². The van der Waals surface area contributed by atoms with Gasteiger partial charge >= 0.3 is 0 Å². The number of hydrogen-bond acceptors (Lipinski definition) is 5. The Kier molecular flexibility index (Phi) is 5.79. The summed E-state index contributed by atoms with van der Waals surface area (Å²) < 4.78 is 32.6. The van der Waals surface area contributed by atoms with Crippen molar-refractivity contribution in [1.82, 2.24) is 9.29 Å². The van der Waals surface area contributed by atoms with Gasteiger partial charge in [0.1, 0.15) is 0 Å². The second-order valence-corrected chi connectivity index (χ2v) is 9.70. The molecule has 0 bridgehead atoms. The highest BCUT2D eigenvalue weighted by Crippen LogP contribution is 2.25. The second kappa shape index (κ2) is 8.37. The van der Waals surface area contributed by atoms with Gasteiger partial charge in [0.05, 0.1) is 34.9 Å². The molecule has 1 aliphatic heterocycles. The summed E-state index contributed by atoms with van der Waals surface area (Å²) in [6, 6.07) is 12.5. The number of benzene rings is 2. The molecule has 1 aliphatic rings. The molecule has 0 radical (unpaired) electrons. The minimum absolute atomic E-state index is 0.152. The summed E-state index contributed by atoms with van der Waals surface area (Å²) in [5.74, 6) is -0.322. The first-order chi connectivity index (χ1) is 14.8. The number of nitrogens with one attached hydrogen (secondary N) is 1. The van der Waals surface area contributed by atoms with E-state index in [0.29, 0.717) is 43.2 Å². The lowest BCUT2D eigenvalue weighted by molar-refractivity contribution is 0.0730. The monoisotopic (exact) mass is 439 g/mol. The summed E-state index contributed by atoms with van der Waals surface area (Å²) in [6.45, 7) is 7.00. The number of aryl methyl sites for hydroxylation is 3. The smallest absolute Gasteiger partial charge is 0.257 e. The zero-order chi connectivity index (χ0) is 22.2. The number of carbonyl (C=O) groups excluding carboxylic acids is 1. The fourth-order valence-corrected chi connectivity index (χ4v) is 5.08. The third kappa shape index (κ3) is 4.32. The number of anilines is 1. The standard InChI is InChI=1S/C23H25N3O4S/c1-15-4-7-21-18(12-15)13-20(17(3)24-21)23(27)25-22-14-19(6-5-16(22)2)31(28,29)26-8-10-30-11-9-26/h4-7,12-14H,8-11H2,1-3H3,(H,25,27). The van der Waals surface area contributed by atoms with Crippen LogP contribution in [0.15, 0.2) is 47.4 Å². The van der Waals surface area contributed by atoms with Crippen LogP contribution in [-0.4, -0.2) is 49.9 Å². The molecule has 4 rings (SSSR count). The molecule has 0 atom stereocenters. The lowest BCUT2D eigenvalue weighted by atomic mass is 10.1. The zero-order valence-corrected chi connectivity index (χ0v) is 18.6. The Balaban J connectivity index is 1.65. The predicted molar refractivity (Wildman–Crippen MR) is 120 cm³/mol. The van der Waals surface area contributed by atoms with Gasteiger partial charge in [-0.3, -0.25) is 9.78 Å². The molecule has 0 spiro atoms. The van der Waals surface area contributed by atoms with Gasteiger partial charge in [-0.2, -0.15) is 4.31 Å². The quantitative estimate of drug-likeness (QED) is 0.673. The molecule has 1 aromatic heterocycles. The van der Waals surface area contributed by atoms with E-state index in [9.17, 15) is 13.2 Å². The van der Waals surface area contributed by atoms with Crippen LogP contribution in [0.25, 0.3) is 10.9 Å². The van der Waals surface area contributed by atoms with Crippen LogP contribution in [-0.2, 0) is 14.8 Å². The molecule has 1 saturated heterocycles. The maximum Gasteiger partial charge on any atom is 0.257 e. The van der Waals surface area contributed by atoms with Crippen LogP contribution in [0.5, 0.6) is 0 Å². The molecular formula is C23H25N3O4S. The molecule has 7 nitrogen and oxygen atoms in total. The summed E-state index contributed by atoms with van der Waals surface area (Å²) in [5.41, 5.74) is 4.22. The Morgan fingerprint density at radius 3 is 2.52 bits per heavy atom. The highest BCUT2D eigenvalue weighted by atomic mass is 32.2. The molecule has 162 valence electrons. The van der Waals surface area contributed by atoms with E-state index in [1.807, 2.05) is 38.1 Å². The first-order valence-corrected chi connectivity index (χ1v) is 11.6. The fraction of sp³-hybridized carbons (Fsp3) is 0.304. The number of morpholine rings is 1. The van der Waals surface area contributed by atoms with Crippen molar-refractivity contribution >= 4 is 32.5 Å². The summed E-state index contributed by atoms with van der Waals surface area (Å²) in [7, 11) is -3.65. The number of nitrogens with zero attached hydrogens (tertiary/aromatic N) is 2. The van der Waals surface area contributed by atoms with Crippen molar-refractivity contribution in [3.8, 4) is 0 Å². The highest BCUT2D eigenvalue weighted by Gasteiger charge is 2.27. The Bertz CT molecular complexity index is 1270. The van der Waals surface area contributed by atoms with Crippen LogP contribution in [0.3, 0.4) is 0 Å². The van der Waals surface area contributed by atoms with E-state index in [2.05, 4.69) is 10.3 Å². The minimum atomic E-state index is -3.65. The van der Waals surface area contributed by atoms with Gasteiger partial charge in [0.25, 0.3) is 5.91 Å². The largest absolute Gasteiger partial charge is 0.379 e. The van der Waals surface area contributed by atoms with Crippen molar-refractivity contribution in [2.24, 2.45) is 0 Å². The summed E-state index contributed by atoms with van der Waals surface area (Å²) in [4.78, 5) is 17.7. The Morgan fingerprint density at radius 2 is 1.77 bits per heavy atom. The van der Waals surface area contributed by atoms with Gasteiger partial charge < -0.3 is 10.1 Å². The summed E-state index contributed by atoms with van der Waals surface area (Å²) in [6.07, 6.45) is 0. The summed E-state index contributed by atoms with van der Waals surface area (Å²) >= 11 is 0. The number of hydrogen-bond donors (Lipinski definition) is 1. The first-order valence-electron chi connectivity index (χ1n) is 10.1. The van der Waals surface area contributed by atoms with E-state index < -0.39 is 10.0 Å². The number of rotatable bonds is 4. The van der Waals surface area contributed by atoms with Crippen molar-refractivity contribution in [2.75, 3.05) is 31.6 Å². The highest BCUT2D eigenvalue weighted by molar-refractivity contribution is 7.89. The van der Waals surface area contributed by atoms with Gasteiger partial charge in [0.2, 0.25) is 10.0 Å². The van der Waals surface area contributed by atoms with Gasteiger partial charge in [0.15, 0.2) is 0 Å². The van der Waals surface area contributed by atoms with Gasteiger partial charge in [-0.1, -0.05) is 17.7 Å². The first kappa shape index (κ1) is 21.4. The number of sulfonamides is 1. The summed E-state index contributed by atoms with van der Waals surface area (Å²) in [5, 5.41) is 3.76. The van der Waals surface area contributed by atoms with Crippen LogP contribution in [0.2, 0.25) is 0 Å². The number of fused-ring (bicyclic) bond motifs is 1. The maximum atomic E-state index is 13.1. The van der Waals surface area contributed by atoms with Gasteiger partial charge in [0, 0.05) is 24.2 Å². The van der Waals surface area contributed by atoms with Crippen molar-refractivity contribution in [2.45, 2.75) is 25.7 Å². The molecule has 0 unspecified atom stereocenters. The third-order valence-electron chi connectivity index (χ3n) is 5.47. The van der Waals surface area contributed by atoms with E-state index in [1.165, 1.54) is 10.4 Å². The zero-order valence-electron chi connectivity index (χ0n) is 17.8. The Labute approximate surface area is 182 Å². The lowest BCUT2D eigenvalue weighted by Crippen LogP contribution is -2.40. The molecule has 8 heteroatoms. The number of pyridine rings is 1. The minimum Gasteiger partial charge on any atom is -0.379 e. The number of ether oxygens (including phenoxy) is 1. The van der Waals surface area contributed by atoms with Crippen LogP contribution < -0.4 is 5.32 Å². The number of carbonyl (C=O) groups is 1. The molecule has 0 saturated carbocycles. The van der Waals surface area contributed by atoms with Crippen molar-refractivity contribution in [3.63, 3.8) is 0 Å². The molecule has 3 aromatic rings. The van der Waals surface area contributed by atoms with E-state index in [0.717, 1.165) is 22.0 Å². The van der Waals surface area contributed by atoms with Crippen LogP contribution in [0.4, 0.5) is 5.69 Å². The van der Waals surface area contributed by atoms with Gasteiger partial charge in [-0.15, -0.1) is 0 Å². The fourth-order valence-electron chi connectivity index (χ4n) is 3.64.